The van der Waals surface area contributed by atoms with E-state index in [2.05, 4.69) is 31.0 Å². The van der Waals surface area contributed by atoms with Crippen LogP contribution in [0.3, 0.4) is 0 Å². The zero-order valence-corrected chi connectivity index (χ0v) is 12.8. The van der Waals surface area contributed by atoms with Gasteiger partial charge in [0.15, 0.2) is 0 Å². The van der Waals surface area contributed by atoms with Crippen LogP contribution in [0.5, 0.6) is 0 Å². The Bertz CT molecular complexity index is 526. The Morgan fingerprint density at radius 1 is 1.45 bits per heavy atom. The van der Waals surface area contributed by atoms with E-state index in [4.69, 9.17) is 5.11 Å². The van der Waals surface area contributed by atoms with Gasteiger partial charge in [-0.1, -0.05) is 38.5 Å². The van der Waals surface area contributed by atoms with Gasteiger partial charge in [0.25, 0.3) is 5.91 Å². The van der Waals surface area contributed by atoms with Crippen molar-refractivity contribution in [2.45, 2.75) is 39.2 Å². The molecular formula is C16H21NO2S. The second-order valence-electron chi connectivity index (χ2n) is 5.47. The summed E-state index contributed by atoms with van der Waals surface area (Å²) >= 11 is 1.37. The molecule has 3 unspecified atom stereocenters. The number of hydrogen-bond donors (Lipinski definition) is 2. The van der Waals surface area contributed by atoms with Crippen molar-refractivity contribution in [3.05, 3.63) is 21.9 Å². The number of aliphatic hydroxyl groups is 1. The number of aliphatic hydroxyl groups excluding tert-OH is 1. The monoisotopic (exact) mass is 291 g/mol. The summed E-state index contributed by atoms with van der Waals surface area (Å²) < 4.78 is 0. The van der Waals surface area contributed by atoms with Crippen LogP contribution in [0.1, 0.15) is 47.7 Å². The minimum Gasteiger partial charge on any atom is -0.384 e. The summed E-state index contributed by atoms with van der Waals surface area (Å²) in [5, 5.41) is 11.8. The molecule has 108 valence electrons. The van der Waals surface area contributed by atoms with E-state index in [0.29, 0.717) is 16.7 Å². The quantitative estimate of drug-likeness (QED) is 0.823. The van der Waals surface area contributed by atoms with E-state index in [1.165, 1.54) is 24.2 Å². The summed E-state index contributed by atoms with van der Waals surface area (Å²) in [6.07, 6.45) is 3.52. The van der Waals surface area contributed by atoms with Gasteiger partial charge >= 0.3 is 0 Å². The summed E-state index contributed by atoms with van der Waals surface area (Å²) in [6, 6.07) is 3.91. The van der Waals surface area contributed by atoms with Crippen molar-refractivity contribution in [1.29, 1.82) is 0 Å². The molecule has 1 aromatic heterocycles. The number of carbonyl (C=O) groups excluding carboxylic acids is 1. The molecule has 0 aromatic carbocycles. The Kier molecular flexibility index (Phi) is 5.22. The smallest absolute Gasteiger partial charge is 0.261 e. The third kappa shape index (κ3) is 3.62. The molecule has 4 heteroatoms. The van der Waals surface area contributed by atoms with Crippen LogP contribution in [-0.2, 0) is 0 Å². The molecule has 0 saturated heterocycles. The number of hydrogen-bond acceptors (Lipinski definition) is 3. The highest BCUT2D eigenvalue weighted by Crippen LogP contribution is 2.29. The average molecular weight is 291 g/mol. The zero-order chi connectivity index (χ0) is 14.5. The normalized spacial score (nSPS) is 25.6. The average Bonchev–Trinajstić information content (AvgIpc) is 2.90. The van der Waals surface area contributed by atoms with Gasteiger partial charge in [-0.15, -0.1) is 11.3 Å². The predicted molar refractivity (Wildman–Crippen MR) is 81.7 cm³/mol. The highest BCUT2D eigenvalue weighted by molar-refractivity contribution is 7.14. The van der Waals surface area contributed by atoms with E-state index in [1.54, 1.807) is 6.07 Å². The van der Waals surface area contributed by atoms with Gasteiger partial charge in [0.05, 0.1) is 9.75 Å². The molecular weight excluding hydrogens is 270 g/mol. The Morgan fingerprint density at radius 2 is 2.25 bits per heavy atom. The first kappa shape index (κ1) is 15.1. The summed E-state index contributed by atoms with van der Waals surface area (Å²) in [7, 11) is 0. The van der Waals surface area contributed by atoms with Crippen LogP contribution in [0, 0.1) is 23.7 Å². The first-order valence-electron chi connectivity index (χ1n) is 7.12. The standard InChI is InChI=1S/C16H21NO2S/c1-11-5-3-7-14(12(11)2)17-16(19)15-9-8-13(20-15)6-4-10-18/h8-9,11-12,14,18H,3,5,7,10H2,1-2H3,(H,17,19). The van der Waals surface area contributed by atoms with Gasteiger partial charge in [-0.3, -0.25) is 4.79 Å². The van der Waals surface area contributed by atoms with Crippen molar-refractivity contribution in [2.24, 2.45) is 11.8 Å². The van der Waals surface area contributed by atoms with Gasteiger partial charge in [-0.2, -0.15) is 0 Å². The molecule has 0 spiro atoms. The van der Waals surface area contributed by atoms with E-state index in [-0.39, 0.29) is 18.6 Å². The van der Waals surface area contributed by atoms with Crippen molar-refractivity contribution >= 4 is 17.2 Å². The molecule has 1 aliphatic rings. The van der Waals surface area contributed by atoms with Gasteiger partial charge in [0.2, 0.25) is 0 Å². The second kappa shape index (κ2) is 6.92. The number of amides is 1. The lowest BCUT2D eigenvalue weighted by atomic mass is 9.78. The van der Waals surface area contributed by atoms with E-state index in [1.807, 2.05) is 6.07 Å². The molecule has 1 aliphatic carbocycles. The number of nitrogens with one attached hydrogen (secondary N) is 1. The lowest BCUT2D eigenvalue weighted by Gasteiger charge is -2.34. The molecule has 0 bridgehead atoms. The van der Waals surface area contributed by atoms with E-state index in [9.17, 15) is 4.79 Å². The Balaban J connectivity index is 1.99. The lowest BCUT2D eigenvalue weighted by molar-refractivity contribution is 0.0895. The molecule has 2 N–H and O–H groups in total. The lowest BCUT2D eigenvalue weighted by Crippen LogP contribution is -2.43. The fourth-order valence-corrected chi connectivity index (χ4v) is 3.46. The Labute approximate surface area is 124 Å². The largest absolute Gasteiger partial charge is 0.384 e. The molecule has 1 heterocycles. The number of rotatable bonds is 2. The fraction of sp³-hybridized carbons (Fsp3) is 0.562. The molecule has 1 aromatic rings. The molecule has 0 radical (unpaired) electrons. The summed E-state index contributed by atoms with van der Waals surface area (Å²) in [6.45, 7) is 4.33. The first-order valence-corrected chi connectivity index (χ1v) is 7.94. The van der Waals surface area contributed by atoms with Crippen molar-refractivity contribution < 1.29 is 9.90 Å². The van der Waals surface area contributed by atoms with Gasteiger partial charge in [-0.25, -0.2) is 0 Å². The maximum atomic E-state index is 12.3. The maximum absolute atomic E-state index is 12.3. The predicted octanol–water partition coefficient (Wildman–Crippen LogP) is 2.65. The second-order valence-corrected chi connectivity index (χ2v) is 6.55. The number of thiophene rings is 1. The van der Waals surface area contributed by atoms with Crippen LogP contribution in [0.2, 0.25) is 0 Å². The van der Waals surface area contributed by atoms with Gasteiger partial charge in [0, 0.05) is 6.04 Å². The highest BCUT2D eigenvalue weighted by atomic mass is 32.1. The summed E-state index contributed by atoms with van der Waals surface area (Å²) in [5.74, 6) is 6.62. The molecule has 3 nitrogen and oxygen atoms in total. The summed E-state index contributed by atoms with van der Waals surface area (Å²) in [5.41, 5.74) is 0. The van der Waals surface area contributed by atoms with Gasteiger partial charge in [-0.05, 0) is 30.4 Å². The molecule has 1 fully saturated rings. The van der Waals surface area contributed by atoms with Crippen LogP contribution in [0.25, 0.3) is 0 Å². The van der Waals surface area contributed by atoms with E-state index >= 15 is 0 Å². The first-order chi connectivity index (χ1) is 9.61. The van der Waals surface area contributed by atoms with Crippen LogP contribution in [-0.4, -0.2) is 23.7 Å². The van der Waals surface area contributed by atoms with Crippen LogP contribution < -0.4 is 5.32 Å². The Hall–Kier alpha value is -1.31. The molecule has 2 rings (SSSR count). The minimum atomic E-state index is -0.156. The van der Waals surface area contributed by atoms with E-state index < -0.39 is 0 Å². The third-order valence-corrected chi connectivity index (χ3v) is 5.14. The number of carbonyl (C=O) groups is 1. The van der Waals surface area contributed by atoms with Crippen molar-refractivity contribution in [3.63, 3.8) is 0 Å². The molecule has 0 aliphatic heterocycles. The molecule has 20 heavy (non-hydrogen) atoms. The maximum Gasteiger partial charge on any atom is 0.261 e. The summed E-state index contributed by atoms with van der Waals surface area (Å²) in [4.78, 5) is 13.8. The molecule has 1 saturated carbocycles. The van der Waals surface area contributed by atoms with E-state index in [0.717, 1.165) is 11.3 Å². The van der Waals surface area contributed by atoms with Crippen LogP contribution in [0.4, 0.5) is 0 Å². The topological polar surface area (TPSA) is 49.3 Å². The molecule has 1 amide bonds. The van der Waals surface area contributed by atoms with Crippen molar-refractivity contribution in [2.75, 3.05) is 6.61 Å². The highest BCUT2D eigenvalue weighted by Gasteiger charge is 2.28. The minimum absolute atomic E-state index is 0.00185. The Morgan fingerprint density at radius 3 is 3.00 bits per heavy atom. The van der Waals surface area contributed by atoms with Gasteiger partial charge < -0.3 is 10.4 Å². The molecule has 3 atom stereocenters. The van der Waals surface area contributed by atoms with Gasteiger partial charge in [0.1, 0.15) is 6.61 Å². The zero-order valence-electron chi connectivity index (χ0n) is 12.0. The third-order valence-electron chi connectivity index (χ3n) is 4.14. The fourth-order valence-electron chi connectivity index (χ4n) is 2.68. The SMILES string of the molecule is CC1CCCC(NC(=O)c2ccc(C#CCO)s2)C1C. The van der Waals surface area contributed by atoms with Crippen molar-refractivity contribution in [3.8, 4) is 11.8 Å². The van der Waals surface area contributed by atoms with Crippen molar-refractivity contribution in [1.82, 2.24) is 5.32 Å². The van der Waals surface area contributed by atoms with Crippen LogP contribution >= 0.6 is 11.3 Å². The van der Waals surface area contributed by atoms with Crippen LogP contribution in [0.15, 0.2) is 12.1 Å².